The van der Waals surface area contributed by atoms with Gasteiger partial charge >= 0.3 is 0 Å². The molecular formula is C14H15BrN2O. The second kappa shape index (κ2) is 5.08. The van der Waals surface area contributed by atoms with Crippen LogP contribution in [-0.2, 0) is 0 Å². The average Bonchev–Trinajstić information content (AvgIpc) is 2.28. The van der Waals surface area contributed by atoms with Gasteiger partial charge in [-0.2, -0.15) is 0 Å². The largest absolute Gasteiger partial charge is 0.383 e. The summed E-state index contributed by atoms with van der Waals surface area (Å²) in [6, 6.07) is 7.63. The van der Waals surface area contributed by atoms with Crippen molar-refractivity contribution >= 4 is 21.7 Å². The monoisotopic (exact) mass is 306 g/mol. The number of nitrogen functional groups attached to an aromatic ring is 1. The first kappa shape index (κ1) is 13.1. The van der Waals surface area contributed by atoms with E-state index in [9.17, 15) is 5.11 Å². The Morgan fingerprint density at radius 3 is 2.56 bits per heavy atom. The predicted octanol–water partition coefficient (Wildman–Crippen LogP) is 3.12. The van der Waals surface area contributed by atoms with Crippen LogP contribution in [0.15, 0.2) is 34.9 Å². The van der Waals surface area contributed by atoms with Crippen LogP contribution in [0.2, 0.25) is 0 Å². The van der Waals surface area contributed by atoms with E-state index in [1.807, 2.05) is 38.1 Å². The van der Waals surface area contributed by atoms with Crippen LogP contribution in [0, 0.1) is 13.8 Å². The van der Waals surface area contributed by atoms with Crippen molar-refractivity contribution < 1.29 is 5.11 Å². The van der Waals surface area contributed by atoms with Crippen LogP contribution in [0.25, 0.3) is 0 Å². The van der Waals surface area contributed by atoms with Gasteiger partial charge in [0, 0.05) is 16.2 Å². The van der Waals surface area contributed by atoms with E-state index in [4.69, 9.17) is 5.73 Å². The molecule has 4 heteroatoms. The molecular weight excluding hydrogens is 292 g/mol. The van der Waals surface area contributed by atoms with E-state index in [1.165, 1.54) is 0 Å². The van der Waals surface area contributed by atoms with Gasteiger partial charge in [0.15, 0.2) is 0 Å². The summed E-state index contributed by atoms with van der Waals surface area (Å²) in [5, 5.41) is 10.5. The fourth-order valence-corrected chi connectivity index (χ4v) is 2.52. The summed E-state index contributed by atoms with van der Waals surface area (Å²) in [5.74, 6) is 0.379. The molecule has 0 aliphatic heterocycles. The Bertz CT molecular complexity index is 564. The molecule has 1 aromatic heterocycles. The first-order chi connectivity index (χ1) is 8.50. The number of hydrogen-bond acceptors (Lipinski definition) is 3. The van der Waals surface area contributed by atoms with Gasteiger partial charge in [-0.3, -0.25) is 0 Å². The number of nitrogens with zero attached hydrogens (tertiary/aromatic N) is 1. The van der Waals surface area contributed by atoms with E-state index < -0.39 is 6.10 Å². The highest BCUT2D eigenvalue weighted by Crippen LogP contribution is 2.31. The highest BCUT2D eigenvalue weighted by molar-refractivity contribution is 9.10. The molecule has 1 unspecified atom stereocenters. The summed E-state index contributed by atoms with van der Waals surface area (Å²) in [7, 11) is 0. The van der Waals surface area contributed by atoms with Gasteiger partial charge in [-0.05, 0) is 48.7 Å². The molecule has 0 amide bonds. The lowest BCUT2D eigenvalue weighted by Crippen LogP contribution is -2.08. The third kappa shape index (κ3) is 2.40. The van der Waals surface area contributed by atoms with Gasteiger partial charge in [-0.15, -0.1) is 0 Å². The third-order valence-corrected chi connectivity index (χ3v) is 3.53. The molecule has 1 atom stereocenters. The minimum absolute atomic E-state index is 0.379. The van der Waals surface area contributed by atoms with Crippen molar-refractivity contribution in [2.45, 2.75) is 20.0 Å². The highest BCUT2D eigenvalue weighted by atomic mass is 79.9. The lowest BCUT2D eigenvalue weighted by Gasteiger charge is -2.17. The van der Waals surface area contributed by atoms with Crippen LogP contribution in [0.1, 0.15) is 28.4 Å². The number of nitrogens with two attached hydrogens (primary N) is 1. The fraction of sp³-hybridized carbons (Fsp3) is 0.214. The minimum Gasteiger partial charge on any atom is -0.383 e. The third-order valence-electron chi connectivity index (χ3n) is 3.04. The van der Waals surface area contributed by atoms with Crippen LogP contribution >= 0.6 is 15.9 Å². The number of pyridine rings is 1. The van der Waals surface area contributed by atoms with E-state index in [-0.39, 0.29) is 0 Å². The molecule has 0 bridgehead atoms. The summed E-state index contributed by atoms with van der Waals surface area (Å²) < 4.78 is 0.992. The second-order valence-electron chi connectivity index (χ2n) is 4.33. The Morgan fingerprint density at radius 2 is 1.94 bits per heavy atom. The van der Waals surface area contributed by atoms with Gasteiger partial charge in [0.1, 0.15) is 11.9 Å². The van der Waals surface area contributed by atoms with Gasteiger partial charge in [-0.25, -0.2) is 4.98 Å². The van der Waals surface area contributed by atoms with Crippen molar-refractivity contribution in [1.29, 1.82) is 0 Å². The maximum atomic E-state index is 10.5. The summed E-state index contributed by atoms with van der Waals surface area (Å²) in [6.45, 7) is 3.88. The number of aliphatic hydroxyl groups is 1. The standard InChI is InChI=1S/C14H15BrN2O/c1-8-5-6-17-14(16)12(8)13(18)11-4-3-10(15)7-9(11)2/h3-7,13,18H,1-2H3,(H2,16,17). The lowest BCUT2D eigenvalue weighted by atomic mass is 9.95. The SMILES string of the molecule is Cc1cc(Br)ccc1C(O)c1c(C)ccnc1N. The van der Waals surface area contributed by atoms with Crippen LogP contribution in [-0.4, -0.2) is 10.1 Å². The summed E-state index contributed by atoms with van der Waals surface area (Å²) in [4.78, 5) is 4.04. The van der Waals surface area contributed by atoms with E-state index >= 15 is 0 Å². The molecule has 1 aromatic carbocycles. The number of aliphatic hydroxyl groups excluding tert-OH is 1. The number of hydrogen-bond donors (Lipinski definition) is 2. The molecule has 0 aliphatic carbocycles. The zero-order valence-electron chi connectivity index (χ0n) is 10.3. The van der Waals surface area contributed by atoms with Gasteiger partial charge in [0.2, 0.25) is 0 Å². The number of aromatic nitrogens is 1. The Morgan fingerprint density at radius 1 is 1.22 bits per heavy atom. The number of rotatable bonds is 2. The van der Waals surface area contributed by atoms with E-state index in [0.717, 1.165) is 21.2 Å². The smallest absolute Gasteiger partial charge is 0.129 e. The molecule has 2 aromatic rings. The van der Waals surface area contributed by atoms with Crippen molar-refractivity contribution in [2.75, 3.05) is 5.73 Å². The molecule has 0 aliphatic rings. The summed E-state index contributed by atoms with van der Waals surface area (Å²) in [5.41, 5.74) is 9.35. The van der Waals surface area contributed by atoms with Crippen molar-refractivity contribution in [3.63, 3.8) is 0 Å². The summed E-state index contributed by atoms with van der Waals surface area (Å²) >= 11 is 3.41. The van der Waals surface area contributed by atoms with Crippen LogP contribution in [0.3, 0.4) is 0 Å². The first-order valence-corrected chi connectivity index (χ1v) is 6.45. The predicted molar refractivity (Wildman–Crippen MR) is 76.3 cm³/mol. The molecule has 0 saturated carbocycles. The van der Waals surface area contributed by atoms with Gasteiger partial charge in [-0.1, -0.05) is 22.0 Å². The zero-order valence-corrected chi connectivity index (χ0v) is 11.9. The molecule has 0 fully saturated rings. The molecule has 3 N–H and O–H groups in total. The molecule has 94 valence electrons. The van der Waals surface area contributed by atoms with Crippen LogP contribution in [0.5, 0.6) is 0 Å². The van der Waals surface area contributed by atoms with Gasteiger partial charge < -0.3 is 10.8 Å². The molecule has 18 heavy (non-hydrogen) atoms. The Balaban J connectivity index is 2.51. The van der Waals surface area contributed by atoms with Gasteiger partial charge in [0.05, 0.1) is 0 Å². The van der Waals surface area contributed by atoms with Crippen LogP contribution < -0.4 is 5.73 Å². The van der Waals surface area contributed by atoms with Crippen molar-refractivity contribution in [3.05, 3.63) is 57.2 Å². The number of anilines is 1. The molecule has 0 spiro atoms. The maximum Gasteiger partial charge on any atom is 0.129 e. The molecule has 1 heterocycles. The molecule has 0 saturated heterocycles. The maximum absolute atomic E-state index is 10.5. The van der Waals surface area contributed by atoms with Crippen molar-refractivity contribution in [3.8, 4) is 0 Å². The normalized spacial score (nSPS) is 12.4. The van der Waals surface area contributed by atoms with E-state index in [0.29, 0.717) is 11.4 Å². The van der Waals surface area contributed by atoms with E-state index in [2.05, 4.69) is 20.9 Å². The summed E-state index contributed by atoms with van der Waals surface area (Å²) in [6.07, 6.45) is 0.904. The minimum atomic E-state index is -0.744. The lowest BCUT2D eigenvalue weighted by molar-refractivity contribution is 0.219. The first-order valence-electron chi connectivity index (χ1n) is 5.66. The zero-order chi connectivity index (χ0) is 13.3. The highest BCUT2D eigenvalue weighted by Gasteiger charge is 2.18. The Labute approximate surface area is 115 Å². The fourth-order valence-electron chi connectivity index (χ4n) is 2.05. The van der Waals surface area contributed by atoms with Crippen molar-refractivity contribution in [2.24, 2.45) is 0 Å². The quantitative estimate of drug-likeness (QED) is 0.896. The van der Waals surface area contributed by atoms with Gasteiger partial charge in [0.25, 0.3) is 0 Å². The second-order valence-corrected chi connectivity index (χ2v) is 5.25. The molecule has 2 rings (SSSR count). The average molecular weight is 307 g/mol. The Kier molecular flexibility index (Phi) is 3.68. The Hall–Kier alpha value is -1.39. The molecule has 3 nitrogen and oxygen atoms in total. The number of aryl methyl sites for hydroxylation is 2. The number of halogens is 1. The molecule has 0 radical (unpaired) electrons. The number of benzene rings is 1. The van der Waals surface area contributed by atoms with Crippen molar-refractivity contribution in [1.82, 2.24) is 4.98 Å². The topological polar surface area (TPSA) is 59.1 Å². The van der Waals surface area contributed by atoms with Crippen LogP contribution in [0.4, 0.5) is 5.82 Å². The van der Waals surface area contributed by atoms with E-state index in [1.54, 1.807) is 6.20 Å².